The second-order valence-electron chi connectivity index (χ2n) is 4.87. The molecule has 0 atom stereocenters. The van der Waals surface area contributed by atoms with Crippen molar-refractivity contribution in [3.63, 3.8) is 0 Å². The van der Waals surface area contributed by atoms with Crippen LogP contribution in [0.25, 0.3) is 0 Å². The molecular weight excluding hydrogens is 346 g/mol. The summed E-state index contributed by atoms with van der Waals surface area (Å²) in [6, 6.07) is 9.91. The van der Waals surface area contributed by atoms with E-state index in [1.54, 1.807) is 10.7 Å². The van der Waals surface area contributed by atoms with Gasteiger partial charge in [-0.15, -0.1) is 0 Å². The Morgan fingerprint density at radius 1 is 1.36 bits per heavy atom. The second-order valence-corrected chi connectivity index (χ2v) is 5.73. The van der Waals surface area contributed by atoms with Crippen LogP contribution in [0.4, 0.5) is 5.82 Å². The van der Waals surface area contributed by atoms with Gasteiger partial charge in [0.2, 0.25) is 0 Å². The summed E-state index contributed by atoms with van der Waals surface area (Å²) in [5.74, 6) is 0.214. The smallest absolute Gasteiger partial charge is 0.276 e. The van der Waals surface area contributed by atoms with E-state index in [4.69, 9.17) is 0 Å². The quantitative estimate of drug-likeness (QED) is 0.751. The molecule has 7 heteroatoms. The molecule has 0 aliphatic carbocycles. The fourth-order valence-electron chi connectivity index (χ4n) is 2.09. The van der Waals surface area contributed by atoms with Crippen LogP contribution in [0.2, 0.25) is 0 Å². The molecule has 6 nitrogen and oxygen atoms in total. The van der Waals surface area contributed by atoms with E-state index in [1.165, 1.54) is 17.3 Å². The summed E-state index contributed by atoms with van der Waals surface area (Å²) in [5, 5.41) is 13.5. The van der Waals surface area contributed by atoms with Crippen LogP contribution in [0.15, 0.2) is 47.2 Å². The van der Waals surface area contributed by atoms with Crippen LogP contribution in [0.1, 0.15) is 21.6 Å². The first-order valence-corrected chi connectivity index (χ1v) is 7.51. The van der Waals surface area contributed by atoms with Crippen molar-refractivity contribution in [1.82, 2.24) is 20.0 Å². The number of hydrogen-bond donors (Lipinski definition) is 2. The van der Waals surface area contributed by atoms with Crippen molar-refractivity contribution >= 4 is 27.7 Å². The summed E-state index contributed by atoms with van der Waals surface area (Å²) in [6.07, 6.45) is 3.37. The second kappa shape index (κ2) is 6.15. The summed E-state index contributed by atoms with van der Waals surface area (Å²) in [6.45, 7) is 2.73. The van der Waals surface area contributed by atoms with Gasteiger partial charge in [0.1, 0.15) is 5.69 Å². The zero-order chi connectivity index (χ0) is 15.5. The predicted molar refractivity (Wildman–Crippen MR) is 86.7 cm³/mol. The highest BCUT2D eigenvalue weighted by Gasteiger charge is 2.13. The zero-order valence-corrected chi connectivity index (χ0v) is 13.5. The third kappa shape index (κ3) is 3.09. The number of nitrogens with zero attached hydrogens (tertiary/aromatic N) is 3. The fraction of sp³-hybridized carbons (Fsp3) is 0.133. The van der Waals surface area contributed by atoms with Gasteiger partial charge in [-0.3, -0.25) is 14.6 Å². The third-order valence-electron chi connectivity index (χ3n) is 3.30. The lowest BCUT2D eigenvalue weighted by Crippen LogP contribution is -2.14. The number of carbonyl (C=O) groups is 1. The molecule has 1 aromatic carbocycles. The molecule has 2 heterocycles. The van der Waals surface area contributed by atoms with E-state index in [2.05, 4.69) is 55.6 Å². The van der Waals surface area contributed by atoms with E-state index < -0.39 is 0 Å². The average molecular weight is 360 g/mol. The molecule has 0 unspecified atom stereocenters. The number of anilines is 1. The van der Waals surface area contributed by atoms with E-state index in [0.29, 0.717) is 22.5 Å². The summed E-state index contributed by atoms with van der Waals surface area (Å²) in [7, 11) is 0. The number of aryl methyl sites for hydroxylation is 1. The fourth-order valence-corrected chi connectivity index (χ4v) is 2.46. The van der Waals surface area contributed by atoms with Crippen molar-refractivity contribution < 1.29 is 4.79 Å². The van der Waals surface area contributed by atoms with Gasteiger partial charge in [0.15, 0.2) is 5.82 Å². The topological polar surface area (TPSA) is 75.6 Å². The molecule has 0 aliphatic heterocycles. The largest absolute Gasteiger partial charge is 0.304 e. The van der Waals surface area contributed by atoms with E-state index in [1.807, 2.05) is 18.3 Å². The molecule has 0 radical (unpaired) electrons. The van der Waals surface area contributed by atoms with Crippen molar-refractivity contribution in [2.75, 3.05) is 5.32 Å². The molecule has 2 aromatic heterocycles. The van der Waals surface area contributed by atoms with Crippen molar-refractivity contribution in [3.8, 4) is 0 Å². The Bertz CT molecular complexity index is 808. The molecule has 22 heavy (non-hydrogen) atoms. The highest BCUT2D eigenvalue weighted by molar-refractivity contribution is 9.10. The Balaban J connectivity index is 1.70. The third-order valence-corrected chi connectivity index (χ3v) is 3.90. The predicted octanol–water partition coefficient (Wildman–Crippen LogP) is 2.98. The zero-order valence-electron chi connectivity index (χ0n) is 11.9. The first-order valence-electron chi connectivity index (χ1n) is 6.71. The molecule has 112 valence electrons. The van der Waals surface area contributed by atoms with E-state index in [0.717, 1.165) is 0 Å². The van der Waals surface area contributed by atoms with Gasteiger partial charge < -0.3 is 5.32 Å². The maximum Gasteiger partial charge on any atom is 0.276 e. The van der Waals surface area contributed by atoms with Crippen molar-refractivity contribution in [1.29, 1.82) is 0 Å². The summed E-state index contributed by atoms with van der Waals surface area (Å²) in [4.78, 5) is 12.1. The Kier molecular flexibility index (Phi) is 4.06. The lowest BCUT2D eigenvalue weighted by molar-refractivity contribution is 0.102. The van der Waals surface area contributed by atoms with Crippen LogP contribution in [-0.2, 0) is 6.54 Å². The number of carbonyl (C=O) groups excluding carboxylic acids is 1. The maximum atomic E-state index is 12.1. The number of aromatic amines is 1. The standard InChI is InChI=1S/C15H14BrN5O/c1-10-4-2-3-5-11(10)9-21-7-6-13(20-21)18-15(22)14-12(16)8-17-19-14/h2-8H,9H2,1H3,(H,17,19)(H,18,20,22). The molecule has 0 bridgehead atoms. The number of amides is 1. The number of nitrogens with one attached hydrogen (secondary N) is 2. The lowest BCUT2D eigenvalue weighted by atomic mass is 10.1. The molecule has 0 saturated heterocycles. The molecule has 3 rings (SSSR count). The summed E-state index contributed by atoms with van der Waals surface area (Å²) < 4.78 is 2.41. The number of benzene rings is 1. The van der Waals surface area contributed by atoms with Gasteiger partial charge in [-0.05, 0) is 34.0 Å². The van der Waals surface area contributed by atoms with Crippen LogP contribution in [0.3, 0.4) is 0 Å². The van der Waals surface area contributed by atoms with Crippen LogP contribution >= 0.6 is 15.9 Å². The van der Waals surface area contributed by atoms with Crippen LogP contribution in [0, 0.1) is 6.92 Å². The highest BCUT2D eigenvalue weighted by atomic mass is 79.9. The Morgan fingerprint density at radius 2 is 2.18 bits per heavy atom. The first kappa shape index (κ1) is 14.5. The van der Waals surface area contributed by atoms with Crippen LogP contribution in [-0.4, -0.2) is 25.9 Å². The van der Waals surface area contributed by atoms with Crippen molar-refractivity contribution in [2.45, 2.75) is 13.5 Å². The minimum atomic E-state index is -0.287. The van der Waals surface area contributed by atoms with Gasteiger partial charge in [-0.2, -0.15) is 10.2 Å². The summed E-state index contributed by atoms with van der Waals surface area (Å²) >= 11 is 3.26. The van der Waals surface area contributed by atoms with E-state index >= 15 is 0 Å². The van der Waals surface area contributed by atoms with Crippen molar-refractivity contribution in [2.24, 2.45) is 0 Å². The van der Waals surface area contributed by atoms with Crippen LogP contribution in [0.5, 0.6) is 0 Å². The highest BCUT2D eigenvalue weighted by Crippen LogP contribution is 2.15. The first-order chi connectivity index (χ1) is 10.6. The molecule has 3 aromatic rings. The van der Waals surface area contributed by atoms with Gasteiger partial charge in [0.05, 0.1) is 17.2 Å². The number of H-pyrrole nitrogens is 1. The molecule has 0 saturated carbocycles. The molecule has 0 aliphatic rings. The number of aromatic nitrogens is 4. The molecular formula is C15H14BrN5O. The van der Waals surface area contributed by atoms with Gasteiger partial charge in [-0.25, -0.2) is 0 Å². The Morgan fingerprint density at radius 3 is 2.91 bits per heavy atom. The molecule has 0 fully saturated rings. The van der Waals surface area contributed by atoms with E-state index in [9.17, 15) is 4.79 Å². The minimum absolute atomic E-state index is 0.287. The Hall–Kier alpha value is -2.41. The average Bonchev–Trinajstić information content (AvgIpc) is 3.10. The Labute approximate surface area is 135 Å². The lowest BCUT2D eigenvalue weighted by Gasteiger charge is -2.05. The number of halogens is 1. The van der Waals surface area contributed by atoms with Crippen LogP contribution < -0.4 is 5.32 Å². The monoisotopic (exact) mass is 359 g/mol. The van der Waals surface area contributed by atoms with Crippen molar-refractivity contribution in [3.05, 3.63) is 64.0 Å². The minimum Gasteiger partial charge on any atom is -0.304 e. The summed E-state index contributed by atoms with van der Waals surface area (Å²) in [5.41, 5.74) is 2.78. The molecule has 1 amide bonds. The number of hydrogen-bond acceptors (Lipinski definition) is 3. The molecule has 2 N–H and O–H groups in total. The SMILES string of the molecule is Cc1ccccc1Cn1ccc(NC(=O)c2[nH]ncc2Br)n1. The number of rotatable bonds is 4. The van der Waals surface area contributed by atoms with E-state index in [-0.39, 0.29) is 5.91 Å². The normalized spacial score (nSPS) is 10.6. The maximum absolute atomic E-state index is 12.1. The van der Waals surface area contributed by atoms with Gasteiger partial charge in [0, 0.05) is 12.3 Å². The van der Waals surface area contributed by atoms with Gasteiger partial charge >= 0.3 is 0 Å². The molecule has 0 spiro atoms. The van der Waals surface area contributed by atoms with Gasteiger partial charge in [0.25, 0.3) is 5.91 Å². The van der Waals surface area contributed by atoms with Gasteiger partial charge in [-0.1, -0.05) is 24.3 Å².